The molecule has 0 saturated heterocycles. The minimum atomic E-state index is -0.141. The summed E-state index contributed by atoms with van der Waals surface area (Å²) >= 11 is 6.64. The fraction of sp³-hybridized carbons (Fsp3) is 0.346. The Morgan fingerprint density at radius 2 is 1.75 bits per heavy atom. The first kappa shape index (κ1) is 24.6. The molecule has 0 atom stereocenters. The zero-order chi connectivity index (χ0) is 23.3. The van der Waals surface area contributed by atoms with Gasteiger partial charge < -0.3 is 14.3 Å². The zero-order valence-corrected chi connectivity index (χ0v) is 21.6. The number of carbonyl (C=O) groups excluding carboxylic acids is 1. The molecule has 0 saturated carbocycles. The first-order valence-corrected chi connectivity index (χ1v) is 12.6. The van der Waals surface area contributed by atoms with Gasteiger partial charge in [0.05, 0.1) is 20.3 Å². The molecule has 1 aromatic heterocycles. The Hall–Kier alpha value is -2.05. The summed E-state index contributed by atoms with van der Waals surface area (Å²) in [7, 11) is 0. The van der Waals surface area contributed by atoms with Gasteiger partial charge in [0.2, 0.25) is 0 Å². The summed E-state index contributed by atoms with van der Waals surface area (Å²) in [6, 6.07) is 8.82. The van der Waals surface area contributed by atoms with Crippen LogP contribution in [0.15, 0.2) is 56.0 Å². The summed E-state index contributed by atoms with van der Waals surface area (Å²) in [6.07, 6.45) is 6.69. The third-order valence-corrected chi connectivity index (χ3v) is 6.53. The summed E-state index contributed by atoms with van der Waals surface area (Å²) in [5, 5.41) is 10.8. The van der Waals surface area contributed by atoms with Crippen molar-refractivity contribution in [3.63, 3.8) is 0 Å². The maximum Gasteiger partial charge on any atom is 0.197 e. The van der Waals surface area contributed by atoms with Gasteiger partial charge in [-0.1, -0.05) is 39.7 Å². The average molecular weight is 564 g/mol. The lowest BCUT2D eigenvalue weighted by atomic mass is 9.98. The fourth-order valence-electron chi connectivity index (χ4n) is 3.58. The van der Waals surface area contributed by atoms with Crippen LogP contribution in [0.25, 0.3) is 11.0 Å². The number of halogens is 2. The molecule has 4 nitrogen and oxygen atoms in total. The van der Waals surface area contributed by atoms with Crippen LogP contribution in [0.1, 0.15) is 74.1 Å². The Kier molecular flexibility index (Phi) is 8.60. The molecule has 0 radical (unpaired) electrons. The number of ketones is 1. The highest BCUT2D eigenvalue weighted by Gasteiger charge is 2.23. The van der Waals surface area contributed by atoms with Crippen LogP contribution in [0.4, 0.5) is 0 Å². The van der Waals surface area contributed by atoms with Crippen LogP contribution in [0, 0.1) is 0 Å². The van der Waals surface area contributed by atoms with Crippen molar-refractivity contribution in [2.24, 2.45) is 0 Å². The van der Waals surface area contributed by atoms with Gasteiger partial charge in [0.15, 0.2) is 5.78 Å². The number of hydrogen-bond donors (Lipinski definition) is 1. The number of phenols is 1. The largest absolute Gasteiger partial charge is 0.506 e. The predicted molar refractivity (Wildman–Crippen MR) is 136 cm³/mol. The van der Waals surface area contributed by atoms with Gasteiger partial charge in [0.1, 0.15) is 22.8 Å². The van der Waals surface area contributed by atoms with E-state index < -0.39 is 0 Å². The molecule has 170 valence electrons. The lowest BCUT2D eigenvalue weighted by Gasteiger charge is -2.08. The van der Waals surface area contributed by atoms with Crippen LogP contribution in [0.2, 0.25) is 0 Å². The van der Waals surface area contributed by atoms with Crippen molar-refractivity contribution in [3.05, 3.63) is 68.5 Å². The van der Waals surface area contributed by atoms with Gasteiger partial charge in [0, 0.05) is 29.9 Å². The lowest BCUT2D eigenvalue weighted by molar-refractivity contribution is 0.103. The van der Waals surface area contributed by atoms with Crippen LogP contribution >= 0.6 is 31.9 Å². The molecule has 0 fully saturated rings. The number of furan rings is 1. The van der Waals surface area contributed by atoms with E-state index in [1.165, 1.54) is 0 Å². The summed E-state index contributed by atoms with van der Waals surface area (Å²) in [6.45, 7) is 8.27. The van der Waals surface area contributed by atoms with Gasteiger partial charge in [-0.25, -0.2) is 0 Å². The molecule has 6 heteroatoms. The molecule has 0 aliphatic rings. The zero-order valence-electron chi connectivity index (χ0n) is 18.5. The highest BCUT2D eigenvalue weighted by atomic mass is 79.9. The number of benzene rings is 2. The molecule has 0 amide bonds. The lowest BCUT2D eigenvalue weighted by Crippen LogP contribution is -2.04. The first-order chi connectivity index (χ1) is 15.3. The van der Waals surface area contributed by atoms with E-state index in [0.717, 1.165) is 49.7 Å². The van der Waals surface area contributed by atoms with Gasteiger partial charge in [-0.2, -0.15) is 0 Å². The Bertz CT molecular complexity index is 1110. The maximum atomic E-state index is 13.5. The number of aromatic hydroxyl groups is 1. The first-order valence-electron chi connectivity index (χ1n) is 11.0. The number of rotatable bonds is 11. The molecule has 0 spiro atoms. The van der Waals surface area contributed by atoms with Crippen LogP contribution in [-0.4, -0.2) is 10.9 Å². The molecular weight excluding hydrogens is 536 g/mol. The Balaban J connectivity index is 2.01. The fourth-order valence-corrected chi connectivity index (χ4v) is 4.77. The standard InChI is InChI=1S/C26H28Br2O4/c1-4-6-8-10-22-24(25(29)17-13-20(27)26(30)21(28)14-17)19-12-11-18(15-23(19)32-22)31-16(3)9-7-5-2/h11-15,30H,3-10H2,1-2H3. The van der Waals surface area contributed by atoms with Gasteiger partial charge in [-0.3, -0.25) is 4.79 Å². The molecule has 1 N–H and O–H groups in total. The van der Waals surface area contributed by atoms with E-state index in [1.54, 1.807) is 12.1 Å². The van der Waals surface area contributed by atoms with Crippen LogP contribution < -0.4 is 4.74 Å². The quantitative estimate of drug-likeness (QED) is 0.144. The van der Waals surface area contributed by atoms with E-state index in [4.69, 9.17) is 9.15 Å². The summed E-state index contributed by atoms with van der Waals surface area (Å²) in [4.78, 5) is 13.5. The predicted octanol–water partition coefficient (Wildman–Crippen LogP) is 8.71. The molecule has 0 unspecified atom stereocenters. The van der Waals surface area contributed by atoms with E-state index in [0.29, 0.717) is 43.6 Å². The summed E-state index contributed by atoms with van der Waals surface area (Å²) in [5.74, 6) is 1.97. The van der Waals surface area contributed by atoms with Crippen molar-refractivity contribution in [1.82, 2.24) is 0 Å². The SMILES string of the molecule is C=C(CCCC)Oc1ccc2c(C(=O)c3cc(Br)c(O)c(Br)c3)c(CCCCC)oc2c1. The van der Waals surface area contributed by atoms with E-state index in [1.807, 2.05) is 18.2 Å². The molecule has 0 aliphatic heterocycles. The maximum absolute atomic E-state index is 13.5. The minimum Gasteiger partial charge on any atom is -0.506 e. The molecule has 2 aromatic carbocycles. The van der Waals surface area contributed by atoms with Crippen molar-refractivity contribution < 1.29 is 19.1 Å². The van der Waals surface area contributed by atoms with Gasteiger partial charge >= 0.3 is 0 Å². The van der Waals surface area contributed by atoms with Crippen LogP contribution in [0.3, 0.4) is 0 Å². The normalized spacial score (nSPS) is 11.1. The molecular formula is C26H28Br2O4. The highest BCUT2D eigenvalue weighted by molar-refractivity contribution is 9.11. The van der Waals surface area contributed by atoms with Gasteiger partial charge in [-0.05, 0) is 69.0 Å². The molecule has 0 bridgehead atoms. The number of phenolic OH excluding ortho intramolecular Hbond substituents is 1. The molecule has 1 heterocycles. The number of fused-ring (bicyclic) bond motifs is 1. The average Bonchev–Trinajstić information content (AvgIpc) is 3.12. The second-order valence-electron chi connectivity index (χ2n) is 7.88. The number of hydrogen-bond acceptors (Lipinski definition) is 4. The van der Waals surface area contributed by atoms with Crippen molar-refractivity contribution in [2.45, 2.75) is 58.8 Å². The second-order valence-corrected chi connectivity index (χ2v) is 9.59. The number of allylic oxidation sites excluding steroid dienone is 1. The van der Waals surface area contributed by atoms with E-state index >= 15 is 0 Å². The van der Waals surface area contributed by atoms with Crippen molar-refractivity contribution in [3.8, 4) is 11.5 Å². The van der Waals surface area contributed by atoms with E-state index in [9.17, 15) is 9.90 Å². The number of ether oxygens (including phenoxy) is 1. The Morgan fingerprint density at radius 1 is 1.06 bits per heavy atom. The van der Waals surface area contributed by atoms with Crippen molar-refractivity contribution in [2.75, 3.05) is 0 Å². The van der Waals surface area contributed by atoms with Gasteiger partial charge in [-0.15, -0.1) is 0 Å². The number of carbonyl (C=O) groups is 1. The van der Waals surface area contributed by atoms with Gasteiger partial charge in [0.25, 0.3) is 0 Å². The van der Waals surface area contributed by atoms with E-state index in [2.05, 4.69) is 52.3 Å². The molecule has 32 heavy (non-hydrogen) atoms. The third-order valence-electron chi connectivity index (χ3n) is 5.32. The summed E-state index contributed by atoms with van der Waals surface area (Å²) in [5.41, 5.74) is 1.66. The van der Waals surface area contributed by atoms with Crippen molar-refractivity contribution >= 4 is 48.6 Å². The topological polar surface area (TPSA) is 59.7 Å². The highest BCUT2D eigenvalue weighted by Crippen LogP contribution is 2.37. The molecule has 3 rings (SSSR count). The third kappa shape index (κ3) is 5.65. The van der Waals surface area contributed by atoms with Crippen molar-refractivity contribution in [1.29, 1.82) is 0 Å². The Labute approximate surface area is 205 Å². The molecule has 0 aliphatic carbocycles. The number of unbranched alkanes of at least 4 members (excludes halogenated alkanes) is 3. The summed E-state index contributed by atoms with van der Waals surface area (Å²) < 4.78 is 13.0. The minimum absolute atomic E-state index is 0.0619. The molecule has 3 aromatic rings. The van der Waals surface area contributed by atoms with Crippen LogP contribution in [0.5, 0.6) is 11.5 Å². The number of aryl methyl sites for hydroxylation is 1. The smallest absolute Gasteiger partial charge is 0.197 e. The Morgan fingerprint density at radius 3 is 2.41 bits per heavy atom. The monoisotopic (exact) mass is 562 g/mol. The van der Waals surface area contributed by atoms with E-state index in [-0.39, 0.29) is 11.5 Å². The second kappa shape index (κ2) is 11.2. The van der Waals surface area contributed by atoms with Crippen LogP contribution in [-0.2, 0) is 6.42 Å².